The Kier molecular flexibility index (Phi) is 3.88. The van der Waals surface area contributed by atoms with Crippen LogP contribution in [0.25, 0.3) is 0 Å². The fourth-order valence-electron chi connectivity index (χ4n) is 3.41. The van der Waals surface area contributed by atoms with Crippen molar-refractivity contribution in [2.75, 3.05) is 26.9 Å². The quantitative estimate of drug-likeness (QED) is 0.727. The average Bonchev–Trinajstić information content (AvgIpc) is 2.29. The molecule has 0 aromatic heterocycles. The molecule has 0 radical (unpaired) electrons. The Morgan fingerprint density at radius 3 is 3.00 bits per heavy atom. The Labute approximate surface area is 98.9 Å². The molecule has 1 N–H and O–H groups in total. The molecule has 2 fully saturated rings. The standard InChI is InChI=1S/C13H25NO2/c1-13(2)11(14-7-5-8-15-3)10-6-4-9-16-12(10)13/h10-12,14H,4-9H2,1-3H3. The second kappa shape index (κ2) is 5.03. The van der Waals surface area contributed by atoms with E-state index in [4.69, 9.17) is 9.47 Å². The third kappa shape index (κ3) is 2.13. The lowest BCUT2D eigenvalue weighted by molar-refractivity contribution is -0.192. The Morgan fingerprint density at radius 2 is 2.25 bits per heavy atom. The van der Waals surface area contributed by atoms with E-state index in [9.17, 15) is 0 Å². The zero-order chi connectivity index (χ0) is 11.6. The van der Waals surface area contributed by atoms with Crippen LogP contribution >= 0.6 is 0 Å². The maximum Gasteiger partial charge on any atom is 0.0684 e. The normalized spacial score (nSPS) is 36.6. The van der Waals surface area contributed by atoms with Gasteiger partial charge in [0.1, 0.15) is 0 Å². The molecule has 3 unspecified atom stereocenters. The van der Waals surface area contributed by atoms with E-state index >= 15 is 0 Å². The molecule has 3 heteroatoms. The van der Waals surface area contributed by atoms with Crippen LogP contribution in [0.3, 0.4) is 0 Å². The molecule has 2 rings (SSSR count). The van der Waals surface area contributed by atoms with E-state index in [1.54, 1.807) is 7.11 Å². The van der Waals surface area contributed by atoms with Crippen molar-refractivity contribution in [3.8, 4) is 0 Å². The first-order chi connectivity index (χ1) is 7.68. The number of fused-ring (bicyclic) bond motifs is 1. The van der Waals surface area contributed by atoms with E-state index in [-0.39, 0.29) is 0 Å². The van der Waals surface area contributed by atoms with Crippen LogP contribution in [0.4, 0.5) is 0 Å². The van der Waals surface area contributed by atoms with Crippen molar-refractivity contribution >= 4 is 0 Å². The molecule has 0 aromatic rings. The molecule has 0 aromatic carbocycles. The Bertz CT molecular complexity index is 230. The van der Waals surface area contributed by atoms with Gasteiger partial charge in [0.25, 0.3) is 0 Å². The van der Waals surface area contributed by atoms with Crippen LogP contribution in [0.5, 0.6) is 0 Å². The molecule has 1 saturated heterocycles. The van der Waals surface area contributed by atoms with Crippen LogP contribution in [0, 0.1) is 11.3 Å². The van der Waals surface area contributed by atoms with Gasteiger partial charge in [-0.15, -0.1) is 0 Å². The van der Waals surface area contributed by atoms with Crippen molar-refractivity contribution in [1.82, 2.24) is 5.32 Å². The Balaban J connectivity index is 1.80. The monoisotopic (exact) mass is 227 g/mol. The summed E-state index contributed by atoms with van der Waals surface area (Å²) in [6.45, 7) is 7.53. The predicted molar refractivity (Wildman–Crippen MR) is 64.5 cm³/mol. The summed E-state index contributed by atoms with van der Waals surface area (Å²) in [5.41, 5.74) is 0.304. The first-order valence-electron chi connectivity index (χ1n) is 6.52. The SMILES string of the molecule is COCCCNC1C2CCCOC2C1(C)C. The molecule has 3 nitrogen and oxygen atoms in total. The van der Waals surface area contributed by atoms with Crippen molar-refractivity contribution < 1.29 is 9.47 Å². The van der Waals surface area contributed by atoms with Crippen molar-refractivity contribution in [1.29, 1.82) is 0 Å². The highest BCUT2D eigenvalue weighted by molar-refractivity contribution is 5.10. The maximum absolute atomic E-state index is 5.89. The van der Waals surface area contributed by atoms with E-state index in [2.05, 4.69) is 19.2 Å². The summed E-state index contributed by atoms with van der Waals surface area (Å²) in [5.74, 6) is 0.742. The molecule has 1 saturated carbocycles. The summed E-state index contributed by atoms with van der Waals surface area (Å²) >= 11 is 0. The topological polar surface area (TPSA) is 30.5 Å². The molecule has 3 atom stereocenters. The number of nitrogens with one attached hydrogen (secondary N) is 1. The lowest BCUT2D eigenvalue weighted by Gasteiger charge is -2.60. The molecule has 1 aliphatic heterocycles. The van der Waals surface area contributed by atoms with Gasteiger partial charge >= 0.3 is 0 Å². The van der Waals surface area contributed by atoms with Gasteiger partial charge in [-0.1, -0.05) is 13.8 Å². The highest BCUT2D eigenvalue weighted by Crippen LogP contribution is 2.51. The number of hydrogen-bond acceptors (Lipinski definition) is 3. The molecular formula is C13H25NO2. The minimum absolute atomic E-state index is 0.304. The van der Waals surface area contributed by atoms with Crippen molar-refractivity contribution in [2.24, 2.45) is 11.3 Å². The van der Waals surface area contributed by atoms with Gasteiger partial charge in [0, 0.05) is 37.7 Å². The fourth-order valence-corrected chi connectivity index (χ4v) is 3.41. The minimum atomic E-state index is 0.304. The fraction of sp³-hybridized carbons (Fsp3) is 1.00. The third-order valence-electron chi connectivity index (χ3n) is 4.22. The molecule has 2 aliphatic rings. The number of ether oxygens (including phenoxy) is 2. The summed E-state index contributed by atoms with van der Waals surface area (Å²) in [6, 6.07) is 0.634. The van der Waals surface area contributed by atoms with Crippen molar-refractivity contribution in [3.05, 3.63) is 0 Å². The lowest BCUT2D eigenvalue weighted by Crippen LogP contribution is -2.69. The summed E-state index contributed by atoms with van der Waals surface area (Å²) in [5, 5.41) is 3.68. The Hall–Kier alpha value is -0.120. The molecule has 1 heterocycles. The van der Waals surface area contributed by atoms with E-state index in [1.165, 1.54) is 12.8 Å². The van der Waals surface area contributed by atoms with E-state index in [0.717, 1.165) is 32.1 Å². The van der Waals surface area contributed by atoms with Gasteiger partial charge < -0.3 is 14.8 Å². The molecule has 1 aliphatic carbocycles. The molecule has 0 amide bonds. The van der Waals surface area contributed by atoms with Gasteiger partial charge in [-0.3, -0.25) is 0 Å². The molecule has 94 valence electrons. The highest BCUT2D eigenvalue weighted by atomic mass is 16.5. The smallest absolute Gasteiger partial charge is 0.0684 e. The maximum atomic E-state index is 5.89. The summed E-state index contributed by atoms with van der Waals surface area (Å²) in [4.78, 5) is 0. The molecular weight excluding hydrogens is 202 g/mol. The van der Waals surface area contributed by atoms with Gasteiger partial charge in [0.2, 0.25) is 0 Å². The summed E-state index contributed by atoms with van der Waals surface area (Å²) in [7, 11) is 1.76. The van der Waals surface area contributed by atoms with Crippen LogP contribution in [-0.2, 0) is 9.47 Å². The molecule has 0 bridgehead atoms. The van der Waals surface area contributed by atoms with Crippen LogP contribution in [-0.4, -0.2) is 39.0 Å². The van der Waals surface area contributed by atoms with Crippen LogP contribution in [0.2, 0.25) is 0 Å². The third-order valence-corrected chi connectivity index (χ3v) is 4.22. The first kappa shape index (κ1) is 12.3. The van der Waals surface area contributed by atoms with E-state index < -0.39 is 0 Å². The van der Waals surface area contributed by atoms with Gasteiger partial charge in [0.05, 0.1) is 6.10 Å². The number of methoxy groups -OCH3 is 1. The van der Waals surface area contributed by atoms with Crippen molar-refractivity contribution in [2.45, 2.75) is 45.3 Å². The second-order valence-electron chi connectivity index (χ2n) is 5.70. The lowest BCUT2D eigenvalue weighted by atomic mass is 9.55. The Morgan fingerprint density at radius 1 is 1.44 bits per heavy atom. The van der Waals surface area contributed by atoms with Gasteiger partial charge in [-0.2, -0.15) is 0 Å². The predicted octanol–water partition coefficient (Wildman–Crippen LogP) is 1.82. The van der Waals surface area contributed by atoms with Gasteiger partial charge in [0.15, 0.2) is 0 Å². The summed E-state index contributed by atoms with van der Waals surface area (Å²) < 4.78 is 11.0. The second-order valence-corrected chi connectivity index (χ2v) is 5.70. The number of hydrogen-bond donors (Lipinski definition) is 1. The number of rotatable bonds is 5. The van der Waals surface area contributed by atoms with Crippen LogP contribution in [0.1, 0.15) is 33.1 Å². The van der Waals surface area contributed by atoms with E-state index in [0.29, 0.717) is 17.6 Å². The molecule has 16 heavy (non-hydrogen) atoms. The highest BCUT2D eigenvalue weighted by Gasteiger charge is 2.57. The van der Waals surface area contributed by atoms with E-state index in [1.807, 2.05) is 0 Å². The van der Waals surface area contributed by atoms with Gasteiger partial charge in [-0.05, 0) is 25.8 Å². The molecule has 0 spiro atoms. The zero-order valence-electron chi connectivity index (χ0n) is 10.8. The minimum Gasteiger partial charge on any atom is -0.385 e. The summed E-state index contributed by atoms with van der Waals surface area (Å²) in [6.07, 6.45) is 4.14. The average molecular weight is 227 g/mol. The first-order valence-corrected chi connectivity index (χ1v) is 6.52. The van der Waals surface area contributed by atoms with Crippen LogP contribution < -0.4 is 5.32 Å². The zero-order valence-corrected chi connectivity index (χ0v) is 10.8. The van der Waals surface area contributed by atoms with Crippen LogP contribution in [0.15, 0.2) is 0 Å². The van der Waals surface area contributed by atoms with Crippen molar-refractivity contribution in [3.63, 3.8) is 0 Å². The van der Waals surface area contributed by atoms with Gasteiger partial charge in [-0.25, -0.2) is 0 Å². The largest absolute Gasteiger partial charge is 0.385 e.